The molecule has 1 unspecified atom stereocenters. The summed E-state index contributed by atoms with van der Waals surface area (Å²) in [6, 6.07) is 19.3. The van der Waals surface area contributed by atoms with Crippen molar-refractivity contribution >= 4 is 34.4 Å². The summed E-state index contributed by atoms with van der Waals surface area (Å²) >= 11 is 3.57. The number of nitrogens with zero attached hydrogens (tertiary/aromatic N) is 1. The third kappa shape index (κ3) is 3.83. The fourth-order valence-corrected chi connectivity index (χ4v) is 3.84. The summed E-state index contributed by atoms with van der Waals surface area (Å²) in [4.78, 5) is 6.07. The Bertz CT molecular complexity index is 626. The van der Waals surface area contributed by atoms with E-state index in [-0.39, 0.29) is 0 Å². The van der Waals surface area contributed by atoms with Crippen molar-refractivity contribution in [3.05, 3.63) is 60.2 Å². The second kappa shape index (κ2) is 7.05. The Hall–Kier alpha value is -1.39. The highest BCUT2D eigenvalue weighted by molar-refractivity contribution is 8.14. The van der Waals surface area contributed by atoms with Gasteiger partial charge in [-0.25, -0.2) is 0 Å². The van der Waals surface area contributed by atoms with Gasteiger partial charge in [-0.1, -0.05) is 54.2 Å². The van der Waals surface area contributed by atoms with Crippen molar-refractivity contribution in [1.82, 2.24) is 0 Å². The molecular weight excluding hydrogens is 296 g/mol. The Kier molecular flexibility index (Phi) is 4.88. The van der Waals surface area contributed by atoms with E-state index in [0.717, 1.165) is 23.0 Å². The third-order valence-corrected chi connectivity index (χ3v) is 5.20. The molecule has 0 aliphatic carbocycles. The maximum absolute atomic E-state index is 4.81. The highest BCUT2D eigenvalue weighted by Gasteiger charge is 2.19. The largest absolute Gasteiger partial charge is 0.334 e. The highest BCUT2D eigenvalue weighted by Crippen LogP contribution is 2.28. The number of anilines is 1. The maximum Gasteiger partial charge on any atom is 0.161 e. The first-order chi connectivity index (χ1) is 10.3. The molecule has 0 radical (unpaired) electrons. The van der Waals surface area contributed by atoms with E-state index < -0.39 is 0 Å². The highest BCUT2D eigenvalue weighted by atomic mass is 32.2. The summed E-state index contributed by atoms with van der Waals surface area (Å²) in [6.07, 6.45) is 3.12. The van der Waals surface area contributed by atoms with Crippen LogP contribution in [-0.2, 0) is 6.42 Å². The van der Waals surface area contributed by atoms with Crippen LogP contribution in [0, 0.1) is 0 Å². The van der Waals surface area contributed by atoms with Gasteiger partial charge in [0.05, 0.1) is 11.7 Å². The van der Waals surface area contributed by atoms with Crippen LogP contribution >= 0.6 is 23.5 Å². The van der Waals surface area contributed by atoms with Crippen LogP contribution in [0.4, 0.5) is 5.69 Å². The summed E-state index contributed by atoms with van der Waals surface area (Å²) in [6.45, 7) is 0. The van der Waals surface area contributed by atoms with Gasteiger partial charge < -0.3 is 5.32 Å². The summed E-state index contributed by atoms with van der Waals surface area (Å²) < 4.78 is 0. The van der Waals surface area contributed by atoms with E-state index in [1.54, 1.807) is 11.8 Å². The Morgan fingerprint density at radius 3 is 2.71 bits per heavy atom. The number of amidine groups is 1. The predicted molar refractivity (Wildman–Crippen MR) is 95.7 cm³/mol. The molecule has 0 bridgehead atoms. The first kappa shape index (κ1) is 14.5. The van der Waals surface area contributed by atoms with E-state index in [1.165, 1.54) is 10.5 Å². The molecule has 108 valence electrons. The number of hydrogen-bond acceptors (Lipinski definition) is 4. The normalized spacial score (nSPS) is 17.6. The minimum Gasteiger partial charge on any atom is -0.334 e. The van der Waals surface area contributed by atoms with Crippen LogP contribution in [0.2, 0.25) is 0 Å². The van der Waals surface area contributed by atoms with Gasteiger partial charge in [0.25, 0.3) is 0 Å². The Morgan fingerprint density at radius 1 is 1.14 bits per heavy atom. The smallest absolute Gasteiger partial charge is 0.161 e. The predicted octanol–water partition coefficient (Wildman–Crippen LogP) is 4.53. The van der Waals surface area contributed by atoms with E-state index in [4.69, 9.17) is 4.99 Å². The SMILES string of the molecule is CSc1ccccc1NC1=NC(Cc2ccccc2)CS1. The van der Waals surface area contributed by atoms with E-state index in [2.05, 4.69) is 66.2 Å². The Balaban J connectivity index is 1.66. The van der Waals surface area contributed by atoms with Crippen molar-refractivity contribution in [2.75, 3.05) is 17.3 Å². The molecule has 2 nitrogen and oxygen atoms in total. The third-order valence-electron chi connectivity index (χ3n) is 3.37. The topological polar surface area (TPSA) is 24.4 Å². The number of para-hydroxylation sites is 1. The lowest BCUT2D eigenvalue weighted by atomic mass is 10.1. The standard InChI is InChI=1S/C17H18N2S2/c1-20-16-10-6-5-9-15(16)19-17-18-14(12-21-17)11-13-7-3-2-4-8-13/h2-10,14H,11-12H2,1H3,(H,18,19). The number of aliphatic imine (C=N–C) groups is 1. The first-order valence-corrected chi connectivity index (χ1v) is 9.21. The molecule has 4 heteroatoms. The van der Waals surface area contributed by atoms with Gasteiger partial charge in [0, 0.05) is 10.6 Å². The van der Waals surface area contributed by atoms with Crippen molar-refractivity contribution in [3.63, 3.8) is 0 Å². The van der Waals surface area contributed by atoms with Crippen molar-refractivity contribution in [2.24, 2.45) is 4.99 Å². The lowest BCUT2D eigenvalue weighted by Gasteiger charge is -2.09. The molecule has 0 amide bonds. The summed E-state index contributed by atoms with van der Waals surface area (Å²) in [5.74, 6) is 1.05. The monoisotopic (exact) mass is 314 g/mol. The number of rotatable bonds is 4. The quantitative estimate of drug-likeness (QED) is 0.839. The van der Waals surface area contributed by atoms with E-state index in [0.29, 0.717) is 6.04 Å². The van der Waals surface area contributed by atoms with Crippen LogP contribution in [0.15, 0.2) is 64.5 Å². The van der Waals surface area contributed by atoms with Crippen LogP contribution in [-0.4, -0.2) is 23.2 Å². The number of nitrogens with one attached hydrogen (secondary N) is 1. The molecule has 21 heavy (non-hydrogen) atoms. The molecule has 1 aliphatic heterocycles. The molecule has 2 aromatic rings. The van der Waals surface area contributed by atoms with Crippen LogP contribution in [0.3, 0.4) is 0 Å². The zero-order valence-electron chi connectivity index (χ0n) is 12.0. The average molecular weight is 314 g/mol. The van der Waals surface area contributed by atoms with Gasteiger partial charge in [-0.3, -0.25) is 4.99 Å². The second-order valence-electron chi connectivity index (χ2n) is 4.91. The van der Waals surface area contributed by atoms with Gasteiger partial charge >= 0.3 is 0 Å². The summed E-state index contributed by atoms with van der Waals surface area (Å²) in [5.41, 5.74) is 2.51. The molecule has 1 atom stereocenters. The van der Waals surface area contributed by atoms with Crippen LogP contribution in [0.1, 0.15) is 5.56 Å². The van der Waals surface area contributed by atoms with Crippen LogP contribution in [0.25, 0.3) is 0 Å². The molecule has 0 spiro atoms. The van der Waals surface area contributed by atoms with Gasteiger partial charge in [-0.05, 0) is 30.4 Å². The first-order valence-electron chi connectivity index (χ1n) is 7.00. The number of benzene rings is 2. The molecule has 0 saturated heterocycles. The van der Waals surface area contributed by atoms with Crippen molar-refractivity contribution in [2.45, 2.75) is 17.4 Å². The molecule has 0 saturated carbocycles. The fourth-order valence-electron chi connectivity index (χ4n) is 2.34. The zero-order valence-corrected chi connectivity index (χ0v) is 13.6. The molecule has 0 fully saturated rings. The molecule has 1 aliphatic rings. The van der Waals surface area contributed by atoms with E-state index in [1.807, 2.05) is 11.8 Å². The van der Waals surface area contributed by atoms with Gasteiger partial charge in [0.1, 0.15) is 0 Å². The summed E-state index contributed by atoms with van der Waals surface area (Å²) in [5, 5.41) is 4.51. The molecule has 2 aromatic carbocycles. The van der Waals surface area contributed by atoms with E-state index >= 15 is 0 Å². The number of thioether (sulfide) groups is 2. The van der Waals surface area contributed by atoms with Gasteiger partial charge in [-0.2, -0.15) is 0 Å². The van der Waals surface area contributed by atoms with Gasteiger partial charge in [0.15, 0.2) is 5.17 Å². The van der Waals surface area contributed by atoms with Crippen molar-refractivity contribution in [3.8, 4) is 0 Å². The molecular formula is C17H18N2S2. The van der Waals surface area contributed by atoms with Crippen molar-refractivity contribution < 1.29 is 0 Å². The number of hydrogen-bond donors (Lipinski definition) is 1. The fraction of sp³-hybridized carbons (Fsp3) is 0.235. The zero-order chi connectivity index (χ0) is 14.5. The second-order valence-corrected chi connectivity index (χ2v) is 6.77. The molecule has 3 rings (SSSR count). The molecule has 0 aromatic heterocycles. The minimum atomic E-state index is 0.376. The molecule has 1 N–H and O–H groups in total. The van der Waals surface area contributed by atoms with Crippen LogP contribution < -0.4 is 5.32 Å². The van der Waals surface area contributed by atoms with Gasteiger partial charge in [-0.15, -0.1) is 11.8 Å². The van der Waals surface area contributed by atoms with E-state index in [9.17, 15) is 0 Å². The van der Waals surface area contributed by atoms with Crippen molar-refractivity contribution in [1.29, 1.82) is 0 Å². The van der Waals surface area contributed by atoms with Gasteiger partial charge in [0.2, 0.25) is 0 Å². The maximum atomic E-state index is 4.81. The lowest BCUT2D eigenvalue weighted by Crippen LogP contribution is -2.08. The Labute approximate surface area is 134 Å². The minimum absolute atomic E-state index is 0.376. The van der Waals surface area contributed by atoms with Crippen LogP contribution in [0.5, 0.6) is 0 Å². The average Bonchev–Trinajstić information content (AvgIpc) is 2.96. The Morgan fingerprint density at radius 2 is 1.90 bits per heavy atom. The molecule has 1 heterocycles. The lowest BCUT2D eigenvalue weighted by molar-refractivity contribution is 0.762. The summed E-state index contributed by atoms with van der Waals surface area (Å²) in [7, 11) is 0.